The normalized spacial score (nSPS) is 34.1. The summed E-state index contributed by atoms with van der Waals surface area (Å²) in [5.74, 6) is -6.47. The molecule has 6 fully saturated rings. The number of halogens is 2. The number of hydrogen-bond donors (Lipinski definition) is 11. The molecule has 7 aliphatic rings. The van der Waals surface area contributed by atoms with E-state index in [-0.39, 0.29) is 73.4 Å². The number of fused-ring (bicyclic) bond motifs is 7. The van der Waals surface area contributed by atoms with Gasteiger partial charge in [-0.05, 0) is 112 Å². The summed E-state index contributed by atoms with van der Waals surface area (Å²) >= 11 is 0. The average Bonchev–Trinajstić information content (AvgIpc) is 2.07. The van der Waals surface area contributed by atoms with Gasteiger partial charge in [-0.15, -0.1) is 0 Å². The number of unbranched alkanes of at least 4 members (excludes halogenated alkanes) is 1. The molecule has 12 N–H and O–H groups in total. The second-order valence-electron chi connectivity index (χ2n) is 23.7. The minimum Gasteiger partial charge on any atom is -0.479 e. The van der Waals surface area contributed by atoms with Gasteiger partial charge in [0.05, 0.1) is 23.4 Å². The van der Waals surface area contributed by atoms with Crippen LogP contribution >= 0.6 is 0 Å². The number of alkyl carbamates (subject to hydrolysis) is 1. The number of alkyl halides is 2. The van der Waals surface area contributed by atoms with E-state index in [0.717, 1.165) is 5.57 Å². The second kappa shape index (κ2) is 24.0. The van der Waals surface area contributed by atoms with Crippen LogP contribution in [0, 0.1) is 28.6 Å². The number of aliphatic carboxylic acids is 1. The van der Waals surface area contributed by atoms with Crippen molar-refractivity contribution in [3.63, 3.8) is 0 Å². The molecule has 2 saturated heterocycles. The van der Waals surface area contributed by atoms with Crippen LogP contribution in [-0.4, -0.2) is 158 Å². The van der Waals surface area contributed by atoms with Gasteiger partial charge < -0.3 is 81.3 Å². The first-order valence-electron chi connectivity index (χ1n) is 28.1. The van der Waals surface area contributed by atoms with E-state index in [9.17, 15) is 68.2 Å². The summed E-state index contributed by atoms with van der Waals surface area (Å²) in [6.45, 7) is 4.87. The SMILES string of the molecule is CC(=O)N[C@@H](CCCCN)C(=O)NCCCNc1cc(COC(=O)NC2(Cc3ccc([C@@H]4O[C@@H]5C[C@H]6[C@@H]7CCC8=CC(=O)C=C[C@]8(C)[C@H]7[C@@H](O)C[C@]6(C)[C@]5(C(=O)CO)O4)cc3)CC(F)(F)C2)ccc1O[C@@H]1O[C@H](C(=O)O)[C@@H](O)[C@H](O)[C@H]1O. The van der Waals surface area contributed by atoms with Crippen LogP contribution in [0.1, 0.15) is 108 Å². The molecular formula is C58H75F2N5O17. The summed E-state index contributed by atoms with van der Waals surface area (Å²) in [4.78, 5) is 76.5. The number of nitrogens with one attached hydrogen (secondary N) is 4. The number of benzene rings is 2. The fraction of sp³-hybridized carbons (Fsp3) is 0.621. The van der Waals surface area contributed by atoms with Crippen LogP contribution in [0.2, 0.25) is 0 Å². The number of amides is 3. The Hall–Kier alpha value is -5.96. The Balaban J connectivity index is 0.845. The number of hydrogen-bond acceptors (Lipinski definition) is 18. The maximum Gasteiger partial charge on any atom is 0.407 e. The highest BCUT2D eigenvalue weighted by Crippen LogP contribution is 2.70. The number of allylic oxidation sites excluding steroid dienone is 4. The summed E-state index contributed by atoms with van der Waals surface area (Å²) in [5, 5.41) is 74.6. The molecule has 0 spiro atoms. The summed E-state index contributed by atoms with van der Waals surface area (Å²) in [7, 11) is 0. The maximum atomic E-state index is 14.8. The van der Waals surface area contributed by atoms with E-state index in [2.05, 4.69) is 28.2 Å². The van der Waals surface area contributed by atoms with Crippen LogP contribution in [0.3, 0.4) is 0 Å². The molecule has 448 valence electrons. The van der Waals surface area contributed by atoms with Crippen molar-refractivity contribution in [2.75, 3.05) is 31.6 Å². The standard InChI is InChI=1S/C58H75F2N5O17/c1-30(67)64-38(7-4-5-18-61)49(74)63-20-6-19-62-39-21-32(10-15-41(39)79-52-47(73)45(71)46(72)48(81-52)50(75)76)27-78-53(77)65-56(28-57(59,60)29-56)24-31-8-11-33(12-9-31)51-80-43-23-37-36-14-13-34-22-35(68)16-17-54(34,2)44(36)40(69)25-55(37,3)58(43,82-51)42(70)26-66/h8-12,15-17,21-22,36-38,40,43-48,51-52,62,66,69,71-73H,4-7,13-14,18-20,23-29,61H2,1-3H3,(H,63,74)(H,64,67)(H,65,77)(H,75,76)/t36-,37-,38-,40-,43+,44+,45-,46-,47+,48-,51+,52+,54-,55-,58+/m0/s1. The number of carbonyl (C=O) groups excluding carboxylic acids is 5. The van der Waals surface area contributed by atoms with Crippen molar-refractivity contribution in [2.24, 2.45) is 34.3 Å². The van der Waals surface area contributed by atoms with Gasteiger partial charge in [-0.2, -0.15) is 0 Å². The minimum absolute atomic E-state index is 0.0223. The Morgan fingerprint density at radius 1 is 0.927 bits per heavy atom. The smallest absolute Gasteiger partial charge is 0.407 e. The fourth-order valence-electron chi connectivity index (χ4n) is 14.5. The number of carbonyl (C=O) groups is 6. The molecule has 0 bridgehead atoms. The number of rotatable bonds is 22. The van der Waals surface area contributed by atoms with Crippen molar-refractivity contribution in [3.05, 3.63) is 83.0 Å². The van der Waals surface area contributed by atoms with Crippen molar-refractivity contribution >= 4 is 41.1 Å². The number of aliphatic hydroxyl groups is 5. The van der Waals surface area contributed by atoms with E-state index in [0.29, 0.717) is 68.2 Å². The molecule has 2 aliphatic heterocycles. The lowest BCUT2D eigenvalue weighted by Crippen LogP contribution is -2.63. The fourth-order valence-corrected chi connectivity index (χ4v) is 14.5. The highest BCUT2D eigenvalue weighted by molar-refractivity contribution is 6.01. The molecule has 4 saturated carbocycles. The van der Waals surface area contributed by atoms with Gasteiger partial charge in [-0.1, -0.05) is 55.8 Å². The van der Waals surface area contributed by atoms with Gasteiger partial charge in [0.2, 0.25) is 18.1 Å². The number of anilines is 1. The van der Waals surface area contributed by atoms with Gasteiger partial charge in [-0.25, -0.2) is 18.4 Å². The van der Waals surface area contributed by atoms with E-state index in [1.54, 1.807) is 36.4 Å². The van der Waals surface area contributed by atoms with Crippen molar-refractivity contribution in [2.45, 2.75) is 170 Å². The third kappa shape index (κ3) is 11.8. The minimum atomic E-state index is -3.09. The monoisotopic (exact) mass is 1150 g/mol. The molecule has 3 amide bonds. The molecule has 2 aromatic carbocycles. The van der Waals surface area contributed by atoms with Crippen LogP contribution < -0.4 is 31.7 Å². The molecule has 2 aromatic rings. The lowest BCUT2D eigenvalue weighted by Gasteiger charge is -2.59. The largest absolute Gasteiger partial charge is 0.479 e. The van der Waals surface area contributed by atoms with Gasteiger partial charge in [0.15, 0.2) is 29.6 Å². The van der Waals surface area contributed by atoms with E-state index in [1.807, 2.05) is 13.0 Å². The Kier molecular flexibility index (Phi) is 17.7. The van der Waals surface area contributed by atoms with Gasteiger partial charge in [0, 0.05) is 55.2 Å². The zero-order valence-electron chi connectivity index (χ0n) is 46.0. The molecule has 0 aromatic heterocycles. The summed E-state index contributed by atoms with van der Waals surface area (Å²) < 4.78 is 59.6. The van der Waals surface area contributed by atoms with Crippen LogP contribution in [-0.2, 0) is 55.9 Å². The third-order valence-electron chi connectivity index (χ3n) is 18.2. The highest BCUT2D eigenvalue weighted by Gasteiger charge is 2.76. The summed E-state index contributed by atoms with van der Waals surface area (Å²) in [6, 6.07) is 10.4. The lowest BCUT2D eigenvalue weighted by atomic mass is 9.46. The van der Waals surface area contributed by atoms with Crippen molar-refractivity contribution < 1.29 is 91.9 Å². The Morgan fingerprint density at radius 2 is 1.66 bits per heavy atom. The third-order valence-corrected chi connectivity index (χ3v) is 18.2. The van der Waals surface area contributed by atoms with Gasteiger partial charge >= 0.3 is 12.1 Å². The molecule has 24 heteroatoms. The predicted octanol–water partition coefficient (Wildman–Crippen LogP) is 2.75. The molecule has 0 radical (unpaired) electrons. The number of nitrogens with two attached hydrogens (primary N) is 1. The first-order valence-corrected chi connectivity index (χ1v) is 28.1. The molecule has 2 heterocycles. The highest BCUT2D eigenvalue weighted by atomic mass is 19.3. The van der Waals surface area contributed by atoms with E-state index in [1.165, 1.54) is 25.1 Å². The molecule has 0 unspecified atom stereocenters. The van der Waals surface area contributed by atoms with Crippen LogP contribution in [0.4, 0.5) is 19.3 Å². The number of ether oxygens (including phenoxy) is 5. The number of Topliss-reactive ketones (excluding diaryl/α,β-unsaturated/α-hetero) is 1. The molecular weight excluding hydrogens is 1080 g/mol. The van der Waals surface area contributed by atoms with Gasteiger partial charge in [-0.3, -0.25) is 19.2 Å². The molecule has 9 rings (SSSR count). The average molecular weight is 1150 g/mol. The van der Waals surface area contributed by atoms with E-state index >= 15 is 0 Å². The number of carboxylic acid groups (broad SMARTS) is 1. The molecule has 5 aliphatic carbocycles. The first kappa shape index (κ1) is 60.6. The molecule has 15 atom stereocenters. The van der Waals surface area contributed by atoms with Crippen LogP contribution in [0.25, 0.3) is 0 Å². The second-order valence-corrected chi connectivity index (χ2v) is 23.7. The zero-order valence-corrected chi connectivity index (χ0v) is 46.0. The Bertz CT molecular complexity index is 2810. The summed E-state index contributed by atoms with van der Waals surface area (Å²) in [6.07, 6.45) is -5.48. The topological polar surface area (TPSA) is 344 Å². The summed E-state index contributed by atoms with van der Waals surface area (Å²) in [5.41, 5.74) is 3.77. The number of ketones is 2. The maximum absolute atomic E-state index is 14.8. The predicted molar refractivity (Wildman–Crippen MR) is 285 cm³/mol. The van der Waals surface area contributed by atoms with Crippen molar-refractivity contribution in [1.82, 2.24) is 16.0 Å². The lowest BCUT2D eigenvalue weighted by molar-refractivity contribution is -0.271. The Labute approximate surface area is 472 Å². The van der Waals surface area contributed by atoms with E-state index in [4.69, 9.17) is 29.4 Å². The number of aliphatic hydroxyl groups excluding tert-OH is 5. The van der Waals surface area contributed by atoms with Crippen LogP contribution in [0.15, 0.2) is 66.3 Å². The Morgan fingerprint density at radius 3 is 2.34 bits per heavy atom. The first-order chi connectivity index (χ1) is 38.9. The zero-order chi connectivity index (χ0) is 59.1. The molecule has 82 heavy (non-hydrogen) atoms. The van der Waals surface area contributed by atoms with Crippen molar-refractivity contribution in [3.8, 4) is 5.75 Å². The quantitative estimate of drug-likeness (QED) is 0.0755. The van der Waals surface area contributed by atoms with Crippen LogP contribution in [0.5, 0.6) is 5.75 Å². The van der Waals surface area contributed by atoms with Gasteiger partial charge in [0.1, 0.15) is 43.3 Å². The molecule has 22 nitrogen and oxygen atoms in total. The van der Waals surface area contributed by atoms with E-state index < -0.39 is 126 Å². The number of carboxylic acids is 1. The van der Waals surface area contributed by atoms with Gasteiger partial charge in [0.25, 0.3) is 5.92 Å². The van der Waals surface area contributed by atoms with Crippen molar-refractivity contribution in [1.29, 1.82) is 0 Å².